The van der Waals surface area contributed by atoms with Crippen LogP contribution in [-0.4, -0.2) is 24.1 Å². The normalized spacial score (nSPS) is 20.8. The van der Waals surface area contributed by atoms with Crippen molar-refractivity contribution in [3.8, 4) is 0 Å². The molecule has 0 amide bonds. The first-order valence-corrected chi connectivity index (χ1v) is 8.97. The number of rotatable bonds is 3. The highest BCUT2D eigenvalue weighted by Crippen LogP contribution is 2.34. The number of hydrogen-bond acceptors (Lipinski definition) is 2. The average Bonchev–Trinajstić information content (AvgIpc) is 3.17. The van der Waals surface area contributed by atoms with Crippen LogP contribution in [0.15, 0.2) is 18.2 Å². The van der Waals surface area contributed by atoms with Gasteiger partial charge in [0.2, 0.25) is 0 Å². The second-order valence-corrected chi connectivity index (χ2v) is 7.23. The minimum absolute atomic E-state index is 0.604. The van der Waals surface area contributed by atoms with E-state index in [4.69, 9.17) is 11.6 Å². The van der Waals surface area contributed by atoms with Crippen molar-refractivity contribution in [3.05, 3.63) is 28.9 Å². The van der Waals surface area contributed by atoms with Crippen molar-refractivity contribution in [2.75, 3.05) is 18.4 Å². The van der Waals surface area contributed by atoms with E-state index in [0.717, 1.165) is 18.1 Å². The molecule has 118 valence electrons. The van der Waals surface area contributed by atoms with Crippen LogP contribution in [0.25, 0.3) is 10.9 Å². The third kappa shape index (κ3) is 2.84. The number of nitrogens with one attached hydrogen (secondary N) is 3. The molecule has 2 aliphatic rings. The maximum absolute atomic E-state index is 6.34. The lowest BCUT2D eigenvalue weighted by molar-refractivity contribution is 0.455. The van der Waals surface area contributed by atoms with Gasteiger partial charge in [0.1, 0.15) is 0 Å². The molecule has 1 saturated carbocycles. The van der Waals surface area contributed by atoms with E-state index in [1.165, 1.54) is 60.8 Å². The van der Waals surface area contributed by atoms with Crippen LogP contribution < -0.4 is 10.6 Å². The highest BCUT2D eigenvalue weighted by Gasteiger charge is 2.20. The van der Waals surface area contributed by atoms with E-state index in [-0.39, 0.29) is 0 Å². The summed E-state index contributed by atoms with van der Waals surface area (Å²) in [5, 5.41) is 9.21. The number of aromatic nitrogens is 1. The molecule has 0 radical (unpaired) electrons. The Morgan fingerprint density at radius 3 is 2.55 bits per heavy atom. The summed E-state index contributed by atoms with van der Waals surface area (Å²) in [7, 11) is 0. The highest BCUT2D eigenvalue weighted by molar-refractivity contribution is 6.31. The van der Waals surface area contributed by atoms with Crippen LogP contribution in [0.2, 0.25) is 5.02 Å². The van der Waals surface area contributed by atoms with Crippen LogP contribution in [0.5, 0.6) is 0 Å². The van der Waals surface area contributed by atoms with E-state index in [1.54, 1.807) is 0 Å². The average molecular weight is 318 g/mol. The number of hydrogen-bond donors (Lipinski definition) is 3. The first kappa shape index (κ1) is 14.4. The summed E-state index contributed by atoms with van der Waals surface area (Å²) < 4.78 is 0. The van der Waals surface area contributed by atoms with Crippen molar-refractivity contribution in [2.24, 2.45) is 0 Å². The summed E-state index contributed by atoms with van der Waals surface area (Å²) in [5.74, 6) is 0.645. The number of benzene rings is 1. The van der Waals surface area contributed by atoms with Gasteiger partial charge in [0, 0.05) is 28.1 Å². The zero-order valence-electron chi connectivity index (χ0n) is 12.9. The summed E-state index contributed by atoms with van der Waals surface area (Å²) in [6.45, 7) is 2.24. The molecular formula is C18H24ClN3. The van der Waals surface area contributed by atoms with Crippen molar-refractivity contribution < 1.29 is 0 Å². The van der Waals surface area contributed by atoms with Gasteiger partial charge in [-0.05, 0) is 57.0 Å². The van der Waals surface area contributed by atoms with Gasteiger partial charge in [-0.2, -0.15) is 0 Å². The molecule has 0 bridgehead atoms. The Morgan fingerprint density at radius 1 is 1.00 bits per heavy atom. The summed E-state index contributed by atoms with van der Waals surface area (Å²) in [6.07, 6.45) is 7.66. The molecule has 22 heavy (non-hydrogen) atoms. The molecule has 2 fully saturated rings. The molecule has 1 aliphatic heterocycles. The smallest absolute Gasteiger partial charge is 0.0693 e. The maximum atomic E-state index is 6.34. The zero-order chi connectivity index (χ0) is 14.9. The Hall–Kier alpha value is -1.19. The van der Waals surface area contributed by atoms with Crippen LogP contribution in [-0.2, 0) is 0 Å². The molecule has 4 heteroatoms. The highest BCUT2D eigenvalue weighted by atomic mass is 35.5. The lowest BCUT2D eigenvalue weighted by atomic mass is 9.95. The third-order valence-electron chi connectivity index (χ3n) is 5.21. The van der Waals surface area contributed by atoms with Crippen LogP contribution in [0.3, 0.4) is 0 Å². The SMILES string of the molecule is Clc1cc(NC2CCCC2)c2[nH]c(C3CCNCC3)cc2c1. The molecule has 3 N–H and O–H groups in total. The Kier molecular flexibility index (Phi) is 4.01. The van der Waals surface area contributed by atoms with Crippen molar-refractivity contribution >= 4 is 28.2 Å². The van der Waals surface area contributed by atoms with E-state index in [2.05, 4.69) is 33.8 Å². The van der Waals surface area contributed by atoms with Crippen molar-refractivity contribution in [1.82, 2.24) is 10.3 Å². The maximum Gasteiger partial charge on any atom is 0.0693 e. The molecule has 1 aromatic carbocycles. The fourth-order valence-electron chi connectivity index (χ4n) is 3.99. The molecule has 2 aromatic rings. The quantitative estimate of drug-likeness (QED) is 0.771. The molecule has 3 nitrogen and oxygen atoms in total. The fraction of sp³-hybridized carbons (Fsp3) is 0.556. The zero-order valence-corrected chi connectivity index (χ0v) is 13.7. The van der Waals surface area contributed by atoms with E-state index in [1.807, 2.05) is 0 Å². The van der Waals surface area contributed by atoms with Gasteiger partial charge in [-0.25, -0.2) is 0 Å². The van der Waals surface area contributed by atoms with Gasteiger partial charge in [0.15, 0.2) is 0 Å². The first-order chi connectivity index (χ1) is 10.8. The Bertz CT molecular complexity index is 652. The van der Waals surface area contributed by atoms with Gasteiger partial charge in [-0.1, -0.05) is 24.4 Å². The number of H-pyrrole nitrogens is 1. The number of halogens is 1. The number of fused-ring (bicyclic) bond motifs is 1. The van der Waals surface area contributed by atoms with Gasteiger partial charge in [-0.3, -0.25) is 0 Å². The molecule has 1 aliphatic carbocycles. The van der Waals surface area contributed by atoms with Crippen LogP contribution in [0.1, 0.15) is 50.1 Å². The first-order valence-electron chi connectivity index (χ1n) is 8.59. The van der Waals surface area contributed by atoms with E-state index < -0.39 is 0 Å². The largest absolute Gasteiger partial charge is 0.381 e. The molecule has 0 atom stereocenters. The topological polar surface area (TPSA) is 39.9 Å². The van der Waals surface area contributed by atoms with E-state index >= 15 is 0 Å². The van der Waals surface area contributed by atoms with Crippen LogP contribution in [0, 0.1) is 0 Å². The standard InChI is InChI=1S/C18H24ClN3/c19-14-9-13-10-16(12-5-7-20-8-6-12)22-18(13)17(11-14)21-15-3-1-2-4-15/h9-12,15,20-22H,1-8H2. The molecule has 2 heterocycles. The molecule has 1 aromatic heterocycles. The number of piperidine rings is 1. The monoisotopic (exact) mass is 317 g/mol. The fourth-order valence-corrected chi connectivity index (χ4v) is 4.21. The van der Waals surface area contributed by atoms with Crippen molar-refractivity contribution in [3.63, 3.8) is 0 Å². The third-order valence-corrected chi connectivity index (χ3v) is 5.43. The van der Waals surface area contributed by atoms with Crippen molar-refractivity contribution in [1.29, 1.82) is 0 Å². The molecule has 0 unspecified atom stereocenters. The summed E-state index contributed by atoms with van der Waals surface area (Å²) in [6, 6.07) is 7.06. The van der Waals surface area contributed by atoms with E-state index in [0.29, 0.717) is 12.0 Å². The lowest BCUT2D eigenvalue weighted by Crippen LogP contribution is -2.26. The number of aromatic amines is 1. The van der Waals surface area contributed by atoms with Gasteiger partial charge in [0.05, 0.1) is 11.2 Å². The summed E-state index contributed by atoms with van der Waals surface area (Å²) >= 11 is 6.34. The Labute approximate surface area is 136 Å². The van der Waals surface area contributed by atoms with Gasteiger partial charge >= 0.3 is 0 Å². The molecule has 4 rings (SSSR count). The van der Waals surface area contributed by atoms with Crippen LogP contribution >= 0.6 is 11.6 Å². The Balaban J connectivity index is 1.67. The van der Waals surface area contributed by atoms with E-state index in [9.17, 15) is 0 Å². The Morgan fingerprint density at radius 2 is 1.77 bits per heavy atom. The van der Waals surface area contributed by atoms with Gasteiger partial charge in [-0.15, -0.1) is 0 Å². The minimum atomic E-state index is 0.604. The second-order valence-electron chi connectivity index (χ2n) is 6.79. The van der Waals surface area contributed by atoms with Gasteiger partial charge in [0.25, 0.3) is 0 Å². The second kappa shape index (κ2) is 6.13. The minimum Gasteiger partial charge on any atom is -0.381 e. The molecule has 1 saturated heterocycles. The summed E-state index contributed by atoms with van der Waals surface area (Å²) in [5.41, 5.74) is 3.77. The summed E-state index contributed by atoms with van der Waals surface area (Å²) in [4.78, 5) is 3.69. The number of anilines is 1. The molecule has 0 spiro atoms. The van der Waals surface area contributed by atoms with Crippen LogP contribution in [0.4, 0.5) is 5.69 Å². The lowest BCUT2D eigenvalue weighted by Gasteiger charge is -2.21. The predicted octanol–water partition coefficient (Wildman–Crippen LogP) is 4.64. The predicted molar refractivity (Wildman–Crippen MR) is 94.0 cm³/mol. The van der Waals surface area contributed by atoms with Crippen molar-refractivity contribution in [2.45, 2.75) is 50.5 Å². The molecular weight excluding hydrogens is 294 g/mol. The van der Waals surface area contributed by atoms with Gasteiger partial charge < -0.3 is 15.6 Å².